The Labute approximate surface area is 105 Å². The fourth-order valence-corrected chi connectivity index (χ4v) is 1.50. The van der Waals surface area contributed by atoms with Crippen molar-refractivity contribution < 1.29 is 19.1 Å². The van der Waals surface area contributed by atoms with Crippen LogP contribution >= 0.6 is 12.4 Å². The topological polar surface area (TPSA) is 64.6 Å². The van der Waals surface area contributed by atoms with Crippen LogP contribution in [0.1, 0.15) is 18.5 Å². The summed E-state index contributed by atoms with van der Waals surface area (Å²) in [5.41, 5.74) is 0.918. The molecule has 1 N–H and O–H groups in total. The van der Waals surface area contributed by atoms with Crippen molar-refractivity contribution in [1.29, 1.82) is 0 Å². The maximum absolute atomic E-state index is 10.8. The SMILES string of the molecule is CC(=O)Oc1ccc([C@H]2COC(=O)N2)cc1.Cl. The molecule has 0 spiro atoms. The van der Waals surface area contributed by atoms with Gasteiger partial charge in [-0.2, -0.15) is 0 Å². The third-order valence-electron chi connectivity index (χ3n) is 2.22. The molecule has 1 aliphatic heterocycles. The second-order valence-electron chi connectivity index (χ2n) is 3.46. The third-order valence-corrected chi connectivity index (χ3v) is 2.22. The summed E-state index contributed by atoms with van der Waals surface area (Å²) in [7, 11) is 0. The molecule has 1 fully saturated rings. The van der Waals surface area contributed by atoms with Gasteiger partial charge in [-0.15, -0.1) is 12.4 Å². The predicted molar refractivity (Wildman–Crippen MR) is 62.2 cm³/mol. The highest BCUT2D eigenvalue weighted by atomic mass is 35.5. The first-order valence-electron chi connectivity index (χ1n) is 4.87. The lowest BCUT2D eigenvalue weighted by molar-refractivity contribution is -0.131. The van der Waals surface area contributed by atoms with Crippen molar-refractivity contribution in [3.8, 4) is 5.75 Å². The van der Waals surface area contributed by atoms with Crippen molar-refractivity contribution in [2.24, 2.45) is 0 Å². The van der Waals surface area contributed by atoms with Crippen LogP contribution in [0.25, 0.3) is 0 Å². The summed E-state index contributed by atoms with van der Waals surface area (Å²) < 4.78 is 9.67. The standard InChI is InChI=1S/C11H11NO4.ClH/c1-7(13)16-9-4-2-8(3-5-9)10-6-15-11(14)12-10;/h2-5,10H,6H2,1H3,(H,12,14);1H/t10-;/m1./s1. The molecule has 5 nitrogen and oxygen atoms in total. The number of rotatable bonds is 2. The molecule has 17 heavy (non-hydrogen) atoms. The van der Waals surface area contributed by atoms with E-state index in [4.69, 9.17) is 9.47 Å². The van der Waals surface area contributed by atoms with Gasteiger partial charge in [0.15, 0.2) is 0 Å². The van der Waals surface area contributed by atoms with Crippen molar-refractivity contribution in [1.82, 2.24) is 5.32 Å². The van der Waals surface area contributed by atoms with E-state index >= 15 is 0 Å². The smallest absolute Gasteiger partial charge is 0.407 e. The lowest BCUT2D eigenvalue weighted by atomic mass is 10.1. The molecule has 1 aromatic carbocycles. The lowest BCUT2D eigenvalue weighted by Crippen LogP contribution is -2.18. The summed E-state index contributed by atoms with van der Waals surface area (Å²) in [5.74, 6) is 0.131. The zero-order chi connectivity index (χ0) is 11.5. The fraction of sp³-hybridized carbons (Fsp3) is 0.273. The van der Waals surface area contributed by atoms with Crippen molar-refractivity contribution >= 4 is 24.5 Å². The molecule has 0 radical (unpaired) electrons. The van der Waals surface area contributed by atoms with E-state index < -0.39 is 6.09 Å². The van der Waals surface area contributed by atoms with Crippen LogP contribution in [0, 0.1) is 0 Å². The van der Waals surface area contributed by atoms with Gasteiger partial charge in [0.05, 0.1) is 6.04 Å². The molecule has 0 saturated carbocycles. The molecule has 1 aliphatic rings. The number of hydrogen-bond donors (Lipinski definition) is 1. The number of halogens is 1. The third kappa shape index (κ3) is 3.35. The first-order chi connectivity index (χ1) is 7.65. The van der Waals surface area contributed by atoms with E-state index in [0.717, 1.165) is 5.56 Å². The lowest BCUT2D eigenvalue weighted by Gasteiger charge is -2.08. The van der Waals surface area contributed by atoms with Gasteiger partial charge in [-0.3, -0.25) is 4.79 Å². The van der Waals surface area contributed by atoms with E-state index in [-0.39, 0.29) is 24.4 Å². The van der Waals surface area contributed by atoms with Gasteiger partial charge in [-0.05, 0) is 17.7 Å². The first-order valence-corrected chi connectivity index (χ1v) is 4.87. The largest absolute Gasteiger partial charge is 0.447 e. The zero-order valence-corrected chi connectivity index (χ0v) is 9.95. The van der Waals surface area contributed by atoms with Crippen LogP contribution in [-0.4, -0.2) is 18.7 Å². The summed E-state index contributed by atoms with van der Waals surface area (Å²) in [5, 5.41) is 2.66. The minimum absolute atomic E-state index is 0. The second kappa shape index (κ2) is 5.54. The number of benzene rings is 1. The normalized spacial score (nSPS) is 17.7. The highest BCUT2D eigenvalue weighted by Crippen LogP contribution is 2.21. The number of amides is 1. The molecule has 0 aliphatic carbocycles. The molecule has 6 heteroatoms. The summed E-state index contributed by atoms with van der Waals surface area (Å²) in [4.78, 5) is 21.5. The number of ether oxygens (including phenoxy) is 2. The zero-order valence-electron chi connectivity index (χ0n) is 9.14. The van der Waals surface area contributed by atoms with Gasteiger partial charge in [0.2, 0.25) is 0 Å². The Balaban J connectivity index is 0.00000144. The van der Waals surface area contributed by atoms with Gasteiger partial charge < -0.3 is 14.8 Å². The summed E-state index contributed by atoms with van der Waals surface area (Å²) in [6.45, 7) is 1.67. The molecule has 1 aromatic rings. The van der Waals surface area contributed by atoms with Gasteiger partial charge in [0.25, 0.3) is 0 Å². The van der Waals surface area contributed by atoms with Crippen LogP contribution in [0.15, 0.2) is 24.3 Å². The average molecular weight is 258 g/mol. The first kappa shape index (κ1) is 13.3. The molecule has 1 saturated heterocycles. The molecular formula is C11H12ClNO4. The van der Waals surface area contributed by atoms with Crippen LogP contribution in [0.3, 0.4) is 0 Å². The minimum Gasteiger partial charge on any atom is -0.447 e. The van der Waals surface area contributed by atoms with Crippen LogP contribution in [0.4, 0.5) is 4.79 Å². The Morgan fingerprint density at radius 1 is 1.41 bits per heavy atom. The molecule has 1 atom stereocenters. The van der Waals surface area contributed by atoms with Crippen LogP contribution in [-0.2, 0) is 9.53 Å². The average Bonchev–Trinajstić information content (AvgIpc) is 2.65. The molecule has 1 heterocycles. The van der Waals surface area contributed by atoms with Crippen LogP contribution in [0.2, 0.25) is 0 Å². The quantitative estimate of drug-likeness (QED) is 0.648. The number of cyclic esters (lactones) is 1. The van der Waals surface area contributed by atoms with Gasteiger partial charge in [0, 0.05) is 6.92 Å². The van der Waals surface area contributed by atoms with E-state index in [2.05, 4.69) is 5.32 Å². The molecule has 0 aromatic heterocycles. The van der Waals surface area contributed by atoms with E-state index in [9.17, 15) is 9.59 Å². The Hall–Kier alpha value is -1.75. The van der Waals surface area contributed by atoms with Gasteiger partial charge in [-0.25, -0.2) is 4.79 Å². The summed E-state index contributed by atoms with van der Waals surface area (Å²) in [6, 6.07) is 6.82. The van der Waals surface area contributed by atoms with Crippen LogP contribution < -0.4 is 10.1 Å². The van der Waals surface area contributed by atoms with Gasteiger partial charge >= 0.3 is 12.1 Å². The van der Waals surface area contributed by atoms with Crippen molar-refractivity contribution in [2.75, 3.05) is 6.61 Å². The van der Waals surface area contributed by atoms with E-state index in [1.54, 1.807) is 24.3 Å². The molecule has 0 bridgehead atoms. The van der Waals surface area contributed by atoms with E-state index in [1.165, 1.54) is 6.92 Å². The second-order valence-corrected chi connectivity index (χ2v) is 3.46. The van der Waals surface area contributed by atoms with E-state index in [1.807, 2.05) is 0 Å². The maximum Gasteiger partial charge on any atom is 0.407 e. The molecule has 0 unspecified atom stereocenters. The summed E-state index contributed by atoms with van der Waals surface area (Å²) in [6.07, 6.45) is -0.408. The maximum atomic E-state index is 10.8. The molecule has 2 rings (SSSR count). The number of nitrogens with one attached hydrogen (secondary N) is 1. The predicted octanol–water partition coefficient (Wildman–Crippen LogP) is 1.81. The van der Waals surface area contributed by atoms with Crippen molar-refractivity contribution in [3.63, 3.8) is 0 Å². The minimum atomic E-state index is -0.408. The van der Waals surface area contributed by atoms with Crippen molar-refractivity contribution in [2.45, 2.75) is 13.0 Å². The number of esters is 1. The van der Waals surface area contributed by atoms with Crippen molar-refractivity contribution in [3.05, 3.63) is 29.8 Å². The Morgan fingerprint density at radius 3 is 2.53 bits per heavy atom. The number of carbonyl (C=O) groups excluding carboxylic acids is 2. The fourth-order valence-electron chi connectivity index (χ4n) is 1.50. The Morgan fingerprint density at radius 2 is 2.06 bits per heavy atom. The number of alkyl carbamates (subject to hydrolysis) is 1. The molecule has 92 valence electrons. The molecular weight excluding hydrogens is 246 g/mol. The Kier molecular flexibility index (Phi) is 4.34. The molecule has 1 amide bonds. The van der Waals surface area contributed by atoms with Gasteiger partial charge in [0.1, 0.15) is 12.4 Å². The monoisotopic (exact) mass is 257 g/mol. The highest BCUT2D eigenvalue weighted by Gasteiger charge is 2.23. The Bertz CT molecular complexity index is 418. The van der Waals surface area contributed by atoms with Crippen LogP contribution in [0.5, 0.6) is 5.75 Å². The van der Waals surface area contributed by atoms with Gasteiger partial charge in [-0.1, -0.05) is 12.1 Å². The number of hydrogen-bond acceptors (Lipinski definition) is 4. The highest BCUT2D eigenvalue weighted by molar-refractivity contribution is 5.85. The number of carbonyl (C=O) groups is 2. The summed E-state index contributed by atoms with van der Waals surface area (Å²) >= 11 is 0. The van der Waals surface area contributed by atoms with E-state index in [0.29, 0.717) is 12.4 Å².